The fourth-order valence-corrected chi connectivity index (χ4v) is 13.8. The Hall–Kier alpha value is -2.03. The van der Waals surface area contributed by atoms with Gasteiger partial charge in [-0.05, 0) is 51.4 Å². The van der Waals surface area contributed by atoms with Crippen molar-refractivity contribution in [2.24, 2.45) is 5.73 Å². The third kappa shape index (κ3) is 80.8. The molecule has 0 bridgehead atoms. The third-order valence-electron chi connectivity index (χ3n) is 19.2. The van der Waals surface area contributed by atoms with Crippen LogP contribution in [-0.2, 0) is 32.7 Å². The molecular weight excluding hydrogens is 1190 g/mol. The average molecular weight is 1360 g/mol. The molecule has 560 valence electrons. The van der Waals surface area contributed by atoms with E-state index in [1.807, 2.05) is 0 Å². The van der Waals surface area contributed by atoms with Gasteiger partial charge in [0.15, 0.2) is 6.10 Å². The molecule has 2 unspecified atom stereocenters. The van der Waals surface area contributed by atoms with E-state index in [-0.39, 0.29) is 38.6 Å². The predicted molar refractivity (Wildman–Crippen MR) is 413 cm³/mol. The molecule has 0 amide bonds. The first-order valence-corrected chi connectivity index (χ1v) is 43.6. The van der Waals surface area contributed by atoms with Crippen LogP contribution in [0, 0.1) is 0 Å². The van der Waals surface area contributed by atoms with Gasteiger partial charge in [-0.25, -0.2) is 4.57 Å². The predicted octanol–water partition coefficient (Wildman–Crippen LogP) is 28.3. The van der Waals surface area contributed by atoms with E-state index in [0.717, 1.165) is 57.8 Å². The molecule has 9 nitrogen and oxygen atoms in total. The van der Waals surface area contributed by atoms with E-state index in [2.05, 4.69) is 62.5 Å². The number of esters is 2. The summed E-state index contributed by atoms with van der Waals surface area (Å²) in [6.07, 6.45) is 106. The second-order valence-corrected chi connectivity index (χ2v) is 30.1. The molecule has 0 aliphatic heterocycles. The number of phosphoric acid groups is 1. The normalized spacial score (nSPS) is 13.0. The first-order chi connectivity index (χ1) is 46.8. The zero-order chi connectivity index (χ0) is 68.6. The van der Waals surface area contributed by atoms with Crippen molar-refractivity contribution in [3.05, 3.63) is 48.6 Å². The molecule has 0 radical (unpaired) electrons. The van der Waals surface area contributed by atoms with Crippen LogP contribution in [0.25, 0.3) is 0 Å². The minimum Gasteiger partial charge on any atom is -0.462 e. The molecule has 0 aliphatic rings. The zero-order valence-corrected chi connectivity index (χ0v) is 64.3. The van der Waals surface area contributed by atoms with E-state index in [1.165, 1.54) is 360 Å². The number of carbonyl (C=O) groups excluding carboxylic acids is 2. The van der Waals surface area contributed by atoms with Crippen LogP contribution in [0.4, 0.5) is 0 Å². The number of unbranched alkanes of at least 4 members (excludes halogenated alkanes) is 60. The van der Waals surface area contributed by atoms with Gasteiger partial charge in [0.25, 0.3) is 0 Å². The number of carbonyl (C=O) groups is 2. The molecule has 0 spiro atoms. The van der Waals surface area contributed by atoms with E-state index in [0.29, 0.717) is 6.42 Å². The average Bonchev–Trinajstić information content (AvgIpc) is 3.25. The Morgan fingerprint density at radius 3 is 0.863 bits per heavy atom. The zero-order valence-electron chi connectivity index (χ0n) is 63.4. The maximum absolute atomic E-state index is 12.8. The van der Waals surface area contributed by atoms with Gasteiger partial charge in [-0.2, -0.15) is 0 Å². The molecular formula is C85H162NO8P. The van der Waals surface area contributed by atoms with E-state index in [9.17, 15) is 19.0 Å². The Morgan fingerprint density at radius 1 is 0.326 bits per heavy atom. The molecule has 0 aliphatic carbocycles. The second kappa shape index (κ2) is 80.9. The summed E-state index contributed by atoms with van der Waals surface area (Å²) in [6.45, 7) is 3.72. The molecule has 0 aromatic carbocycles. The van der Waals surface area contributed by atoms with Crippen LogP contribution >= 0.6 is 7.82 Å². The number of phosphoric ester groups is 1. The fourth-order valence-electron chi connectivity index (χ4n) is 13.0. The SMILES string of the molecule is CC/C=C\C/C=C\C/C=C\C/C=C\CCCCCCCCCCCCCCCCCCCCCCC(=O)OC(COC(=O)CCCCCCCCCCCCCCCCCCCCCCCCCCCCCCCCCCCCCCCCCCC)COP(=O)(O)OCCN. The van der Waals surface area contributed by atoms with Crippen molar-refractivity contribution in [1.82, 2.24) is 0 Å². The highest BCUT2D eigenvalue weighted by Gasteiger charge is 2.26. The summed E-state index contributed by atoms with van der Waals surface area (Å²) < 4.78 is 33.3. The topological polar surface area (TPSA) is 134 Å². The summed E-state index contributed by atoms with van der Waals surface area (Å²) in [5, 5.41) is 0. The van der Waals surface area contributed by atoms with Gasteiger partial charge >= 0.3 is 19.8 Å². The summed E-state index contributed by atoms with van der Waals surface area (Å²) >= 11 is 0. The van der Waals surface area contributed by atoms with Gasteiger partial charge in [0, 0.05) is 19.4 Å². The lowest BCUT2D eigenvalue weighted by molar-refractivity contribution is -0.161. The Morgan fingerprint density at radius 2 is 0.579 bits per heavy atom. The highest BCUT2D eigenvalue weighted by Crippen LogP contribution is 2.43. The Bertz CT molecular complexity index is 1700. The van der Waals surface area contributed by atoms with Crippen molar-refractivity contribution in [3.63, 3.8) is 0 Å². The van der Waals surface area contributed by atoms with Crippen LogP contribution in [0.3, 0.4) is 0 Å². The van der Waals surface area contributed by atoms with Gasteiger partial charge in [-0.3, -0.25) is 18.6 Å². The summed E-state index contributed by atoms with van der Waals surface area (Å²) in [5.41, 5.74) is 5.42. The van der Waals surface area contributed by atoms with E-state index >= 15 is 0 Å². The van der Waals surface area contributed by atoms with Crippen LogP contribution in [-0.4, -0.2) is 49.3 Å². The maximum Gasteiger partial charge on any atom is 0.472 e. The summed E-state index contributed by atoms with van der Waals surface area (Å²) in [5.74, 6) is -0.801. The quantitative estimate of drug-likeness (QED) is 0.0264. The largest absolute Gasteiger partial charge is 0.472 e. The first kappa shape index (κ1) is 93.0. The molecule has 2 atom stereocenters. The van der Waals surface area contributed by atoms with Crippen molar-refractivity contribution in [3.8, 4) is 0 Å². The van der Waals surface area contributed by atoms with Crippen molar-refractivity contribution in [1.29, 1.82) is 0 Å². The molecule has 0 saturated carbocycles. The van der Waals surface area contributed by atoms with Gasteiger partial charge in [0.2, 0.25) is 0 Å². The molecule has 0 fully saturated rings. The van der Waals surface area contributed by atoms with E-state index in [4.69, 9.17) is 24.3 Å². The maximum atomic E-state index is 12.8. The van der Waals surface area contributed by atoms with Crippen LogP contribution in [0.15, 0.2) is 48.6 Å². The lowest BCUT2D eigenvalue weighted by Crippen LogP contribution is -2.29. The van der Waals surface area contributed by atoms with Gasteiger partial charge in [-0.15, -0.1) is 0 Å². The van der Waals surface area contributed by atoms with Gasteiger partial charge in [-0.1, -0.05) is 435 Å². The van der Waals surface area contributed by atoms with Gasteiger partial charge in [0.1, 0.15) is 6.61 Å². The summed E-state index contributed by atoms with van der Waals surface area (Å²) in [6, 6.07) is 0. The minimum absolute atomic E-state index is 0.0560. The van der Waals surface area contributed by atoms with Crippen molar-refractivity contribution < 1.29 is 37.6 Å². The first-order valence-electron chi connectivity index (χ1n) is 42.1. The molecule has 0 aromatic rings. The standard InChI is InChI=1S/C85H162NO8P/c1-3-5-7-9-11-13-15-17-19-21-23-25-27-29-31-33-35-37-38-39-40-41-42-43-44-46-47-49-51-53-55-57-59-61-63-65-67-69-71-73-75-77-84(87)91-81-83(82-93-95(89,90)92-80-79-86)94-85(88)78-76-74-72-70-68-66-64-62-60-58-56-54-52-50-48-45-36-34-32-30-28-26-24-22-20-18-16-14-12-10-8-6-4-2/h6,8,12,14,18,20,24,26,83H,3-5,7,9-11,13,15-17,19,21-23,25,27-82,86H2,1-2H3,(H,89,90)/b8-6-,14-12-,20-18-,26-24-. The van der Waals surface area contributed by atoms with Crippen molar-refractivity contribution >= 4 is 19.8 Å². The van der Waals surface area contributed by atoms with E-state index < -0.39 is 26.5 Å². The lowest BCUT2D eigenvalue weighted by atomic mass is 10.0. The van der Waals surface area contributed by atoms with Crippen LogP contribution in [0.5, 0.6) is 0 Å². The molecule has 95 heavy (non-hydrogen) atoms. The number of hydrogen-bond donors (Lipinski definition) is 2. The third-order valence-corrected chi connectivity index (χ3v) is 20.2. The Labute approximate surface area is 591 Å². The Kier molecular flexibility index (Phi) is 79.2. The molecule has 3 N–H and O–H groups in total. The van der Waals surface area contributed by atoms with Crippen LogP contribution < -0.4 is 5.73 Å². The van der Waals surface area contributed by atoms with Crippen LogP contribution in [0.1, 0.15) is 450 Å². The lowest BCUT2D eigenvalue weighted by Gasteiger charge is -2.19. The monoisotopic (exact) mass is 1360 g/mol. The molecule has 0 aromatic heterocycles. The number of rotatable bonds is 81. The highest BCUT2D eigenvalue weighted by molar-refractivity contribution is 7.47. The molecule has 0 rings (SSSR count). The number of allylic oxidation sites excluding steroid dienone is 8. The highest BCUT2D eigenvalue weighted by atomic mass is 31.2. The molecule has 0 saturated heterocycles. The van der Waals surface area contributed by atoms with Gasteiger partial charge < -0.3 is 20.1 Å². The number of nitrogens with two attached hydrogens (primary N) is 1. The number of hydrogen-bond acceptors (Lipinski definition) is 8. The molecule has 0 heterocycles. The smallest absolute Gasteiger partial charge is 0.462 e. The van der Waals surface area contributed by atoms with Crippen molar-refractivity contribution in [2.75, 3.05) is 26.4 Å². The summed E-state index contributed by atoms with van der Waals surface area (Å²) in [4.78, 5) is 35.5. The Balaban J connectivity index is 3.71. The van der Waals surface area contributed by atoms with E-state index in [1.54, 1.807) is 0 Å². The fraction of sp³-hybridized carbons (Fsp3) is 0.882. The summed E-state index contributed by atoms with van der Waals surface area (Å²) in [7, 11) is -4.40. The number of ether oxygens (including phenoxy) is 2. The molecule has 10 heteroatoms. The van der Waals surface area contributed by atoms with Crippen molar-refractivity contribution in [2.45, 2.75) is 457 Å². The van der Waals surface area contributed by atoms with Crippen LogP contribution in [0.2, 0.25) is 0 Å². The second-order valence-electron chi connectivity index (χ2n) is 28.7. The van der Waals surface area contributed by atoms with Gasteiger partial charge in [0.05, 0.1) is 13.2 Å². The minimum atomic E-state index is -4.40.